The second-order valence-electron chi connectivity index (χ2n) is 11.6. The number of thioether (sulfide) groups is 1. The number of methoxy groups -OCH3 is 1. The number of hydrogen-bond donors (Lipinski definition) is 3. The second kappa shape index (κ2) is 16.8. The van der Waals surface area contributed by atoms with Gasteiger partial charge >= 0.3 is 0 Å². The van der Waals surface area contributed by atoms with Crippen LogP contribution in [0.15, 0.2) is 155 Å². The summed E-state index contributed by atoms with van der Waals surface area (Å²) in [6.45, 7) is 1.90. The molecule has 5 aromatic carbocycles. The standard InChI is InChI=1S/C42H34ClN3O5S/c1-27-17-18-31(25-35(27)43)45-42(49)39(28-11-5-3-6-12-28)52-33-22-19-30(20-23-33)44-41(48)36(46-40(47)29-13-7-4-8-14-29)26-32-21-24-38(51-32)34-15-9-10-16-37(34)50-2/h3-26,39H,1-2H3,(H,44,48)(H,45,49)(H,46,47)/b36-26-/t39-/m0/s1. The molecule has 0 bridgehead atoms. The van der Waals surface area contributed by atoms with Gasteiger partial charge in [-0.1, -0.05) is 78.3 Å². The van der Waals surface area contributed by atoms with E-state index in [1.807, 2.05) is 85.8 Å². The number of nitrogens with one attached hydrogen (secondary N) is 3. The summed E-state index contributed by atoms with van der Waals surface area (Å²) in [5.41, 5.74) is 3.95. The summed E-state index contributed by atoms with van der Waals surface area (Å²) < 4.78 is 11.5. The summed E-state index contributed by atoms with van der Waals surface area (Å²) in [6.07, 6.45) is 1.48. The van der Waals surface area contributed by atoms with Gasteiger partial charge < -0.3 is 25.1 Å². The SMILES string of the molecule is COc1ccccc1-c1ccc(/C=C(\NC(=O)c2ccccc2)C(=O)Nc2ccc(S[C@H](C(=O)Nc3ccc(C)c(Cl)c3)c3ccccc3)cc2)o1. The van der Waals surface area contributed by atoms with Gasteiger partial charge in [-0.3, -0.25) is 14.4 Å². The van der Waals surface area contributed by atoms with E-state index in [2.05, 4.69) is 16.0 Å². The molecule has 52 heavy (non-hydrogen) atoms. The first-order valence-corrected chi connectivity index (χ1v) is 17.5. The molecule has 3 amide bonds. The number of aryl methyl sites for hydroxylation is 1. The molecule has 1 atom stereocenters. The number of benzene rings is 5. The van der Waals surface area contributed by atoms with Crippen LogP contribution in [-0.2, 0) is 9.59 Å². The van der Waals surface area contributed by atoms with Crippen LogP contribution in [0.25, 0.3) is 17.4 Å². The van der Waals surface area contributed by atoms with Crippen molar-refractivity contribution in [2.45, 2.75) is 17.1 Å². The number of furan rings is 1. The first-order chi connectivity index (χ1) is 25.3. The molecule has 0 saturated carbocycles. The van der Waals surface area contributed by atoms with Crippen molar-refractivity contribution in [3.8, 4) is 17.1 Å². The average molecular weight is 728 g/mol. The third-order valence-electron chi connectivity index (χ3n) is 7.96. The quantitative estimate of drug-likeness (QED) is 0.0856. The maximum absolute atomic E-state index is 13.7. The van der Waals surface area contributed by atoms with Gasteiger partial charge in [0.25, 0.3) is 11.8 Å². The Morgan fingerprint density at radius 3 is 2.15 bits per heavy atom. The van der Waals surface area contributed by atoms with E-state index >= 15 is 0 Å². The molecular formula is C42H34ClN3O5S. The number of rotatable bonds is 12. The highest BCUT2D eigenvalue weighted by Crippen LogP contribution is 2.37. The van der Waals surface area contributed by atoms with Gasteiger partial charge in [-0.15, -0.1) is 11.8 Å². The summed E-state index contributed by atoms with van der Waals surface area (Å²) in [4.78, 5) is 41.2. The number of carbonyl (C=O) groups excluding carboxylic acids is 3. The highest BCUT2D eigenvalue weighted by Gasteiger charge is 2.23. The van der Waals surface area contributed by atoms with Crippen molar-refractivity contribution in [3.05, 3.63) is 173 Å². The van der Waals surface area contributed by atoms with Crippen LogP contribution >= 0.6 is 23.4 Å². The van der Waals surface area contributed by atoms with Crippen molar-refractivity contribution >= 4 is 58.5 Å². The molecule has 260 valence electrons. The van der Waals surface area contributed by atoms with Gasteiger partial charge in [-0.2, -0.15) is 0 Å². The van der Waals surface area contributed by atoms with Gasteiger partial charge in [-0.25, -0.2) is 0 Å². The Hall–Kier alpha value is -6.03. The third-order valence-corrected chi connectivity index (χ3v) is 9.63. The predicted molar refractivity (Wildman–Crippen MR) is 208 cm³/mol. The first-order valence-electron chi connectivity index (χ1n) is 16.3. The molecular weight excluding hydrogens is 694 g/mol. The topological polar surface area (TPSA) is 110 Å². The molecule has 0 aliphatic rings. The van der Waals surface area contributed by atoms with E-state index in [9.17, 15) is 14.4 Å². The molecule has 1 heterocycles. The van der Waals surface area contributed by atoms with Crippen molar-refractivity contribution < 1.29 is 23.5 Å². The summed E-state index contributed by atoms with van der Waals surface area (Å²) in [6, 6.07) is 41.6. The minimum atomic E-state index is -0.571. The van der Waals surface area contributed by atoms with Crippen molar-refractivity contribution in [1.82, 2.24) is 5.32 Å². The van der Waals surface area contributed by atoms with E-state index < -0.39 is 17.1 Å². The van der Waals surface area contributed by atoms with Crippen LogP contribution in [0.4, 0.5) is 11.4 Å². The van der Waals surface area contributed by atoms with Gasteiger partial charge in [0.15, 0.2) is 0 Å². The molecule has 10 heteroatoms. The fraction of sp³-hybridized carbons (Fsp3) is 0.0714. The highest BCUT2D eigenvalue weighted by molar-refractivity contribution is 8.00. The van der Waals surface area contributed by atoms with Crippen LogP contribution in [0.3, 0.4) is 0 Å². The van der Waals surface area contributed by atoms with Gasteiger partial charge in [0, 0.05) is 32.9 Å². The summed E-state index contributed by atoms with van der Waals surface area (Å²) >= 11 is 7.68. The Balaban J connectivity index is 1.21. The van der Waals surface area contributed by atoms with Crippen LogP contribution in [-0.4, -0.2) is 24.8 Å². The lowest BCUT2D eigenvalue weighted by atomic mass is 10.1. The summed E-state index contributed by atoms with van der Waals surface area (Å²) in [5, 5.41) is 8.59. The Morgan fingerprint density at radius 1 is 0.769 bits per heavy atom. The fourth-order valence-electron chi connectivity index (χ4n) is 5.24. The lowest BCUT2D eigenvalue weighted by Crippen LogP contribution is -2.30. The Bertz CT molecular complexity index is 2220. The predicted octanol–water partition coefficient (Wildman–Crippen LogP) is 9.80. The van der Waals surface area contributed by atoms with E-state index in [1.165, 1.54) is 17.8 Å². The smallest absolute Gasteiger partial charge is 0.272 e. The monoisotopic (exact) mass is 727 g/mol. The Kier molecular flexibility index (Phi) is 11.6. The molecule has 0 aliphatic heterocycles. The Labute approximate surface area is 310 Å². The minimum Gasteiger partial charge on any atom is -0.496 e. The number of halogens is 1. The molecule has 0 aliphatic carbocycles. The van der Waals surface area contributed by atoms with Crippen molar-refractivity contribution in [2.75, 3.05) is 17.7 Å². The van der Waals surface area contributed by atoms with Crippen LogP contribution in [0.2, 0.25) is 5.02 Å². The zero-order chi connectivity index (χ0) is 36.5. The fourth-order valence-corrected chi connectivity index (χ4v) is 6.44. The summed E-state index contributed by atoms with van der Waals surface area (Å²) in [7, 11) is 1.58. The number of amides is 3. The molecule has 3 N–H and O–H groups in total. The lowest BCUT2D eigenvalue weighted by Gasteiger charge is -2.18. The first kappa shape index (κ1) is 35.8. The van der Waals surface area contributed by atoms with E-state index in [0.717, 1.165) is 21.6 Å². The molecule has 0 spiro atoms. The minimum absolute atomic E-state index is 0.0229. The average Bonchev–Trinajstić information content (AvgIpc) is 3.64. The molecule has 0 fully saturated rings. The maximum Gasteiger partial charge on any atom is 0.272 e. The van der Waals surface area contributed by atoms with Crippen LogP contribution < -0.4 is 20.7 Å². The molecule has 0 radical (unpaired) electrons. The van der Waals surface area contributed by atoms with Gasteiger partial charge in [0.2, 0.25) is 5.91 Å². The van der Waals surface area contributed by atoms with Crippen molar-refractivity contribution in [3.63, 3.8) is 0 Å². The molecule has 8 nitrogen and oxygen atoms in total. The van der Waals surface area contributed by atoms with Crippen LogP contribution in [0.1, 0.15) is 32.5 Å². The maximum atomic E-state index is 13.7. The zero-order valence-electron chi connectivity index (χ0n) is 28.3. The van der Waals surface area contributed by atoms with Crippen LogP contribution in [0, 0.1) is 6.92 Å². The molecule has 6 rings (SSSR count). The number of hydrogen-bond acceptors (Lipinski definition) is 6. The molecule has 1 aromatic heterocycles. The largest absolute Gasteiger partial charge is 0.496 e. The number of ether oxygens (including phenoxy) is 1. The van der Waals surface area contributed by atoms with Gasteiger partial charge in [0.05, 0.1) is 12.7 Å². The highest BCUT2D eigenvalue weighted by atomic mass is 35.5. The Morgan fingerprint density at radius 2 is 1.44 bits per heavy atom. The molecule has 6 aromatic rings. The van der Waals surface area contributed by atoms with Gasteiger partial charge in [0.1, 0.15) is 28.2 Å². The van der Waals surface area contributed by atoms with E-state index in [1.54, 1.807) is 67.8 Å². The third kappa shape index (κ3) is 9.00. The lowest BCUT2D eigenvalue weighted by molar-refractivity contribution is -0.116. The normalized spacial score (nSPS) is 11.7. The van der Waals surface area contributed by atoms with Crippen LogP contribution in [0.5, 0.6) is 5.75 Å². The van der Waals surface area contributed by atoms with E-state index in [4.69, 9.17) is 20.8 Å². The van der Waals surface area contributed by atoms with Crippen molar-refractivity contribution in [2.24, 2.45) is 0 Å². The number of para-hydroxylation sites is 1. The second-order valence-corrected chi connectivity index (χ2v) is 13.2. The van der Waals surface area contributed by atoms with Gasteiger partial charge in [-0.05, 0) is 90.8 Å². The van der Waals surface area contributed by atoms with E-state index in [0.29, 0.717) is 39.2 Å². The number of carbonyl (C=O) groups is 3. The van der Waals surface area contributed by atoms with E-state index in [-0.39, 0.29) is 11.6 Å². The number of anilines is 2. The summed E-state index contributed by atoms with van der Waals surface area (Å²) in [5.74, 6) is 0.308. The zero-order valence-corrected chi connectivity index (χ0v) is 29.8. The molecule has 0 saturated heterocycles. The molecule has 0 unspecified atom stereocenters. The van der Waals surface area contributed by atoms with Crippen molar-refractivity contribution in [1.29, 1.82) is 0 Å².